The maximum Gasteiger partial charge on any atom is 0.417 e. The summed E-state index contributed by atoms with van der Waals surface area (Å²) in [5, 5.41) is 15.0. The van der Waals surface area contributed by atoms with Gasteiger partial charge in [-0.25, -0.2) is 9.18 Å². The molecule has 1 saturated heterocycles. The molecule has 3 heterocycles. The van der Waals surface area contributed by atoms with Crippen molar-refractivity contribution >= 4 is 22.6 Å². The number of alkyl halides is 3. The van der Waals surface area contributed by atoms with Crippen LogP contribution in [-0.2, 0) is 18.0 Å². The highest BCUT2D eigenvalue weighted by Crippen LogP contribution is 2.34. The van der Waals surface area contributed by atoms with Crippen LogP contribution in [0.2, 0.25) is 0 Å². The summed E-state index contributed by atoms with van der Waals surface area (Å²) in [6, 6.07) is 11.5. The first-order chi connectivity index (χ1) is 17.2. The number of aryl methyl sites for hydroxylation is 1. The fourth-order valence-electron chi connectivity index (χ4n) is 4.45. The van der Waals surface area contributed by atoms with E-state index < -0.39 is 35.2 Å². The summed E-state index contributed by atoms with van der Waals surface area (Å²) in [5.41, 5.74) is -0.512. The monoisotopic (exact) mass is 499 g/mol. The number of halogens is 4. The van der Waals surface area contributed by atoms with Gasteiger partial charge in [0.1, 0.15) is 17.6 Å². The molecule has 2 aromatic heterocycles. The summed E-state index contributed by atoms with van der Waals surface area (Å²) in [5.74, 6) is -1.51. The predicted molar refractivity (Wildman–Crippen MR) is 124 cm³/mol. The quantitative estimate of drug-likeness (QED) is 0.290. The number of rotatable bonds is 4. The van der Waals surface area contributed by atoms with Crippen molar-refractivity contribution in [2.24, 2.45) is 7.05 Å². The number of carbonyl (C=O) groups excluding carboxylic acids is 1. The Kier molecular flexibility index (Phi) is 6.07. The van der Waals surface area contributed by atoms with Gasteiger partial charge in [-0.3, -0.25) is 4.68 Å². The lowest BCUT2D eigenvalue weighted by atomic mass is 10.0. The van der Waals surface area contributed by atoms with Crippen LogP contribution in [0.3, 0.4) is 0 Å². The molecule has 36 heavy (non-hydrogen) atoms. The topological polar surface area (TPSA) is 73.1 Å². The number of nitrogens with zero attached hydrogens (tertiary/aromatic N) is 5. The van der Waals surface area contributed by atoms with Crippen LogP contribution in [0.15, 0.2) is 54.7 Å². The lowest BCUT2D eigenvalue weighted by Crippen LogP contribution is -2.38. The summed E-state index contributed by atoms with van der Waals surface area (Å²) in [4.78, 5) is 14.5. The van der Waals surface area contributed by atoms with Gasteiger partial charge in [-0.15, -0.1) is 10.2 Å². The fraction of sp³-hybridized carbons (Fsp3) is 0.280. The number of anilines is 1. The van der Waals surface area contributed by atoms with Gasteiger partial charge in [0, 0.05) is 49.9 Å². The number of carbonyl (C=O) groups is 1. The number of aromatic nitrogens is 4. The average molecular weight is 499 g/mol. The van der Waals surface area contributed by atoms with Crippen LogP contribution in [0.4, 0.5) is 23.4 Å². The second-order valence-electron chi connectivity index (χ2n) is 8.54. The molecule has 7 nitrogen and oxygen atoms in total. The van der Waals surface area contributed by atoms with Crippen LogP contribution in [-0.4, -0.2) is 45.1 Å². The van der Waals surface area contributed by atoms with E-state index in [0.717, 1.165) is 28.6 Å². The molecule has 0 unspecified atom stereocenters. The van der Waals surface area contributed by atoms with E-state index in [1.807, 2.05) is 42.3 Å². The third-order valence-corrected chi connectivity index (χ3v) is 6.25. The zero-order valence-corrected chi connectivity index (χ0v) is 19.2. The van der Waals surface area contributed by atoms with E-state index in [1.165, 1.54) is 0 Å². The fourth-order valence-corrected chi connectivity index (χ4v) is 4.45. The van der Waals surface area contributed by atoms with E-state index in [4.69, 9.17) is 4.74 Å². The Balaban J connectivity index is 1.32. The van der Waals surface area contributed by atoms with Crippen LogP contribution in [0.25, 0.3) is 22.2 Å². The van der Waals surface area contributed by atoms with Gasteiger partial charge in [0.15, 0.2) is 5.82 Å². The molecular weight excluding hydrogens is 478 g/mol. The van der Waals surface area contributed by atoms with Gasteiger partial charge in [0.2, 0.25) is 0 Å². The van der Waals surface area contributed by atoms with Crippen molar-refractivity contribution in [1.82, 2.24) is 20.0 Å². The van der Waals surface area contributed by atoms with Gasteiger partial charge in [-0.1, -0.05) is 24.3 Å². The Bertz CT molecular complexity index is 1430. The molecule has 0 radical (unpaired) electrons. The molecule has 0 aliphatic carbocycles. The number of hydrogen-bond acceptors (Lipinski definition) is 6. The molecule has 2 aromatic carbocycles. The normalized spacial score (nSPS) is 14.9. The van der Waals surface area contributed by atoms with Gasteiger partial charge >= 0.3 is 12.1 Å². The standard InChI is InChI=1S/C25H21F4N5O2/c1-33-21(8-11-30-33)22-17-4-2-3-5-18(17)23(32-31-22)34-12-9-16(10-13-34)36-24(35)19-7-6-15(26)14-20(19)25(27,28)29/h2-8,11,14,16H,9-10,12-13H2,1H3. The number of ether oxygens (including phenoxy) is 1. The molecule has 0 bridgehead atoms. The average Bonchev–Trinajstić information content (AvgIpc) is 3.29. The van der Waals surface area contributed by atoms with Gasteiger partial charge in [-0.05, 0) is 24.3 Å². The first-order valence-electron chi connectivity index (χ1n) is 11.3. The number of piperidine rings is 1. The second kappa shape index (κ2) is 9.21. The minimum Gasteiger partial charge on any atom is -0.459 e. The van der Waals surface area contributed by atoms with Crippen molar-refractivity contribution in [2.75, 3.05) is 18.0 Å². The number of fused-ring (bicyclic) bond motifs is 1. The van der Waals surface area contributed by atoms with Gasteiger partial charge < -0.3 is 9.64 Å². The summed E-state index contributed by atoms with van der Waals surface area (Å²) in [7, 11) is 1.83. The SMILES string of the molecule is Cn1nccc1-c1nnc(N2CCC(OC(=O)c3ccc(F)cc3C(F)(F)F)CC2)c2ccccc12. The zero-order chi connectivity index (χ0) is 25.4. The molecular formula is C25H21F4N5O2. The highest BCUT2D eigenvalue weighted by Gasteiger charge is 2.37. The summed E-state index contributed by atoms with van der Waals surface area (Å²) < 4.78 is 60.3. The molecule has 0 spiro atoms. The van der Waals surface area contributed by atoms with E-state index >= 15 is 0 Å². The molecule has 186 valence electrons. The van der Waals surface area contributed by atoms with Gasteiger partial charge in [0.25, 0.3) is 0 Å². The van der Waals surface area contributed by atoms with Crippen LogP contribution in [0, 0.1) is 5.82 Å². The van der Waals surface area contributed by atoms with Crippen LogP contribution < -0.4 is 4.90 Å². The highest BCUT2D eigenvalue weighted by molar-refractivity contribution is 5.99. The van der Waals surface area contributed by atoms with Crippen molar-refractivity contribution in [2.45, 2.75) is 25.1 Å². The van der Waals surface area contributed by atoms with Crippen molar-refractivity contribution in [3.63, 3.8) is 0 Å². The highest BCUT2D eigenvalue weighted by atomic mass is 19.4. The maximum absolute atomic E-state index is 13.4. The Labute approximate surface area is 203 Å². The molecule has 1 fully saturated rings. The van der Waals surface area contributed by atoms with Crippen molar-refractivity contribution < 1.29 is 27.1 Å². The van der Waals surface area contributed by atoms with Crippen molar-refractivity contribution in [3.05, 3.63) is 71.7 Å². The molecule has 0 N–H and O–H groups in total. The number of hydrogen-bond donors (Lipinski definition) is 0. The lowest BCUT2D eigenvalue weighted by Gasteiger charge is -2.33. The smallest absolute Gasteiger partial charge is 0.417 e. The second-order valence-corrected chi connectivity index (χ2v) is 8.54. The minimum absolute atomic E-state index is 0.304. The minimum atomic E-state index is -4.87. The van der Waals surface area contributed by atoms with E-state index in [2.05, 4.69) is 15.3 Å². The molecule has 0 atom stereocenters. The number of benzene rings is 2. The molecule has 0 saturated carbocycles. The van der Waals surface area contributed by atoms with Gasteiger partial charge in [-0.2, -0.15) is 18.3 Å². The van der Waals surface area contributed by atoms with E-state index in [0.29, 0.717) is 43.5 Å². The predicted octanol–water partition coefficient (Wildman–Crippen LogP) is 5.01. The number of esters is 1. The van der Waals surface area contributed by atoms with E-state index in [1.54, 1.807) is 10.9 Å². The summed E-state index contributed by atoms with van der Waals surface area (Å²) in [6.45, 7) is 0.939. The first kappa shape index (κ1) is 23.7. The van der Waals surface area contributed by atoms with Gasteiger partial charge in [0.05, 0.1) is 16.8 Å². The third kappa shape index (κ3) is 4.48. The lowest BCUT2D eigenvalue weighted by molar-refractivity contribution is -0.138. The van der Waals surface area contributed by atoms with Crippen molar-refractivity contribution in [3.8, 4) is 11.4 Å². The Morgan fingerprint density at radius 1 is 1.03 bits per heavy atom. The van der Waals surface area contributed by atoms with Crippen LogP contribution in [0.1, 0.15) is 28.8 Å². The molecule has 4 aromatic rings. The van der Waals surface area contributed by atoms with Crippen LogP contribution >= 0.6 is 0 Å². The summed E-state index contributed by atoms with van der Waals surface area (Å²) in [6.07, 6.45) is -2.97. The summed E-state index contributed by atoms with van der Waals surface area (Å²) >= 11 is 0. The Morgan fingerprint density at radius 3 is 2.42 bits per heavy atom. The first-order valence-corrected chi connectivity index (χ1v) is 11.3. The van der Waals surface area contributed by atoms with Crippen molar-refractivity contribution in [1.29, 1.82) is 0 Å². The van der Waals surface area contributed by atoms with Crippen LogP contribution in [0.5, 0.6) is 0 Å². The molecule has 11 heteroatoms. The maximum atomic E-state index is 13.4. The van der Waals surface area contributed by atoms with E-state index in [-0.39, 0.29) is 0 Å². The molecule has 1 aliphatic rings. The molecule has 5 rings (SSSR count). The third-order valence-electron chi connectivity index (χ3n) is 6.25. The molecule has 1 aliphatic heterocycles. The largest absolute Gasteiger partial charge is 0.459 e. The Hall–Kier alpha value is -4.02. The molecule has 0 amide bonds. The van der Waals surface area contributed by atoms with E-state index in [9.17, 15) is 22.4 Å². The Morgan fingerprint density at radius 2 is 1.75 bits per heavy atom. The zero-order valence-electron chi connectivity index (χ0n) is 19.2.